The summed E-state index contributed by atoms with van der Waals surface area (Å²) in [6, 6.07) is 0. The summed E-state index contributed by atoms with van der Waals surface area (Å²) in [4.78, 5) is 52.6. The Morgan fingerprint density at radius 1 is 0.617 bits per heavy atom. The fourth-order valence-electron chi connectivity index (χ4n) is 5.21. The standard InChI is InChI=1S/C43H74O15P2/c1-4-5-19-27-38(44)28-21-15-11-9-12-16-22-29-39(45)30-23-18-25-32-43(48)58-41(36-57-60(52,53)56-34-40(46)33-55-59(49,50)51)35-54-42(47)31-24-17-13-8-6-7-10-14-20-26-37(2)3/h5,11-12,15-16,19,21-23,28-30,37-41,44-46H,4,6-10,13-14,17-18,20,24-27,31-36H2,1-3H3,(H,52,53)(H2,49,50,51)/b15-11-,16-12-,19-5-,28-21+,29-22+,30-23-/t38-,39-,40-,41+/m0/s1. The zero-order valence-electron chi connectivity index (χ0n) is 35.9. The van der Waals surface area contributed by atoms with E-state index in [1.165, 1.54) is 32.1 Å². The summed E-state index contributed by atoms with van der Waals surface area (Å²) in [5, 5.41) is 29.7. The van der Waals surface area contributed by atoms with Crippen molar-refractivity contribution in [2.24, 2.45) is 5.92 Å². The molecule has 5 atom stereocenters. The number of carbonyl (C=O) groups excluding carboxylic acids is 2. The number of phosphoric ester groups is 2. The fraction of sp³-hybridized carbons (Fsp3) is 0.674. The Bertz CT molecular complexity index is 1390. The van der Waals surface area contributed by atoms with Crippen LogP contribution in [-0.2, 0) is 41.8 Å². The van der Waals surface area contributed by atoms with E-state index < -0.39 is 78.4 Å². The number of hydrogen-bond acceptors (Lipinski definition) is 12. The lowest BCUT2D eigenvalue weighted by Gasteiger charge is -2.20. The van der Waals surface area contributed by atoms with Crippen molar-refractivity contribution >= 4 is 27.6 Å². The average molecular weight is 893 g/mol. The summed E-state index contributed by atoms with van der Waals surface area (Å²) in [7, 11) is -9.75. The van der Waals surface area contributed by atoms with Crippen LogP contribution in [0.15, 0.2) is 72.9 Å². The van der Waals surface area contributed by atoms with Crippen LogP contribution < -0.4 is 0 Å². The molecule has 17 heteroatoms. The molecule has 0 aliphatic carbocycles. The first-order chi connectivity index (χ1) is 28.5. The van der Waals surface area contributed by atoms with E-state index in [1.54, 1.807) is 42.5 Å². The van der Waals surface area contributed by atoms with Gasteiger partial charge in [-0.25, -0.2) is 9.13 Å². The largest absolute Gasteiger partial charge is 0.472 e. The van der Waals surface area contributed by atoms with Crippen LogP contribution in [0.5, 0.6) is 0 Å². The van der Waals surface area contributed by atoms with Gasteiger partial charge in [0.05, 0.1) is 32.0 Å². The number of esters is 2. The van der Waals surface area contributed by atoms with Gasteiger partial charge in [0.1, 0.15) is 12.7 Å². The fourth-order valence-corrected chi connectivity index (χ4v) is 6.37. The molecular weight excluding hydrogens is 818 g/mol. The highest BCUT2D eigenvalue weighted by molar-refractivity contribution is 7.47. The maximum absolute atomic E-state index is 12.6. The molecule has 0 rings (SSSR count). The van der Waals surface area contributed by atoms with Gasteiger partial charge in [-0.3, -0.25) is 23.2 Å². The van der Waals surface area contributed by atoms with E-state index in [4.69, 9.17) is 23.8 Å². The van der Waals surface area contributed by atoms with Gasteiger partial charge in [-0.05, 0) is 44.4 Å². The molecule has 0 aliphatic heterocycles. The number of hydrogen-bond donors (Lipinski definition) is 6. The van der Waals surface area contributed by atoms with Crippen LogP contribution in [-0.4, -0.2) is 92.8 Å². The normalized spacial score (nSPS) is 15.9. The summed E-state index contributed by atoms with van der Waals surface area (Å²) in [6.07, 6.45) is 31.4. The minimum absolute atomic E-state index is 0.0575. The van der Waals surface area contributed by atoms with Crippen molar-refractivity contribution in [1.82, 2.24) is 0 Å². The van der Waals surface area contributed by atoms with Crippen LogP contribution in [0.4, 0.5) is 0 Å². The van der Waals surface area contributed by atoms with Crippen molar-refractivity contribution < 1.29 is 71.8 Å². The van der Waals surface area contributed by atoms with E-state index in [0.29, 0.717) is 32.1 Å². The SMILES string of the molecule is CC/C=C\C[C@H](O)/C=C/C=C\C/C=C\C=C\[C@H](O)/C=C\CCCC(=O)O[C@H](COC(=O)CCCCCCCCCCCC(C)C)COP(=O)(O)OC[C@@H](O)COP(=O)(O)O. The van der Waals surface area contributed by atoms with Crippen molar-refractivity contribution in [2.45, 2.75) is 154 Å². The maximum atomic E-state index is 12.6. The first-order valence-corrected chi connectivity index (χ1v) is 24.2. The van der Waals surface area contributed by atoms with Gasteiger partial charge in [0, 0.05) is 12.8 Å². The zero-order chi connectivity index (χ0) is 44.9. The molecule has 0 bridgehead atoms. The Morgan fingerprint density at radius 3 is 1.83 bits per heavy atom. The maximum Gasteiger partial charge on any atom is 0.472 e. The Hall–Kier alpha value is -2.52. The number of ether oxygens (including phenoxy) is 2. The van der Waals surface area contributed by atoms with Crippen LogP contribution in [0.1, 0.15) is 130 Å². The third-order valence-corrected chi connectivity index (χ3v) is 9.89. The second kappa shape index (κ2) is 37.1. The lowest BCUT2D eigenvalue weighted by Crippen LogP contribution is -2.29. The average Bonchev–Trinajstić information content (AvgIpc) is 3.18. The lowest BCUT2D eigenvalue weighted by atomic mass is 10.0. The molecule has 346 valence electrons. The van der Waals surface area contributed by atoms with Crippen molar-refractivity contribution in [1.29, 1.82) is 0 Å². The molecule has 1 unspecified atom stereocenters. The van der Waals surface area contributed by atoms with Gasteiger partial charge in [-0.15, -0.1) is 0 Å². The predicted molar refractivity (Wildman–Crippen MR) is 232 cm³/mol. The summed E-state index contributed by atoms with van der Waals surface area (Å²) in [5.74, 6) is -0.478. The van der Waals surface area contributed by atoms with E-state index in [0.717, 1.165) is 38.0 Å². The Kier molecular flexibility index (Phi) is 35.5. The molecule has 60 heavy (non-hydrogen) atoms. The van der Waals surface area contributed by atoms with Crippen LogP contribution in [0.3, 0.4) is 0 Å². The van der Waals surface area contributed by atoms with Gasteiger partial charge in [-0.2, -0.15) is 0 Å². The molecule has 0 spiro atoms. The van der Waals surface area contributed by atoms with Crippen molar-refractivity contribution in [3.63, 3.8) is 0 Å². The van der Waals surface area contributed by atoms with Crippen LogP contribution in [0.2, 0.25) is 0 Å². The summed E-state index contributed by atoms with van der Waals surface area (Å²) < 4.78 is 47.5. The van der Waals surface area contributed by atoms with Crippen LogP contribution in [0, 0.1) is 5.92 Å². The quantitative estimate of drug-likeness (QED) is 0.0112. The van der Waals surface area contributed by atoms with Gasteiger partial charge in [0.25, 0.3) is 0 Å². The van der Waals surface area contributed by atoms with Crippen molar-refractivity contribution in [2.75, 3.05) is 26.4 Å². The number of aliphatic hydroxyl groups is 3. The third kappa shape index (κ3) is 40.9. The summed E-state index contributed by atoms with van der Waals surface area (Å²) in [5.41, 5.74) is 0. The molecule has 0 saturated heterocycles. The lowest BCUT2D eigenvalue weighted by molar-refractivity contribution is -0.161. The molecule has 0 amide bonds. The van der Waals surface area contributed by atoms with E-state index in [9.17, 15) is 38.9 Å². The molecule has 0 aromatic rings. The number of allylic oxidation sites excluding steroid dienone is 8. The second-order valence-corrected chi connectivity index (χ2v) is 17.5. The molecule has 0 aromatic carbocycles. The monoisotopic (exact) mass is 892 g/mol. The summed E-state index contributed by atoms with van der Waals surface area (Å²) >= 11 is 0. The highest BCUT2D eigenvalue weighted by atomic mass is 31.2. The first-order valence-electron chi connectivity index (χ1n) is 21.2. The van der Waals surface area contributed by atoms with Crippen LogP contribution >= 0.6 is 15.6 Å². The number of unbranched alkanes of at least 4 members (excludes halogenated alkanes) is 9. The smallest absolute Gasteiger partial charge is 0.462 e. The van der Waals surface area contributed by atoms with E-state index >= 15 is 0 Å². The minimum atomic E-state index is -4.89. The van der Waals surface area contributed by atoms with Gasteiger partial charge >= 0.3 is 27.6 Å². The van der Waals surface area contributed by atoms with Crippen molar-refractivity contribution in [3.05, 3.63) is 72.9 Å². The molecule has 0 saturated carbocycles. The Morgan fingerprint density at radius 2 is 1.20 bits per heavy atom. The van der Waals surface area contributed by atoms with E-state index in [2.05, 4.69) is 22.9 Å². The van der Waals surface area contributed by atoms with Crippen molar-refractivity contribution in [3.8, 4) is 0 Å². The van der Waals surface area contributed by atoms with Gasteiger partial charge in [0.2, 0.25) is 0 Å². The topological polar surface area (TPSA) is 236 Å². The molecule has 15 nitrogen and oxygen atoms in total. The second-order valence-electron chi connectivity index (χ2n) is 14.8. The Labute approximate surface area is 358 Å². The number of rotatable bonds is 38. The number of carbonyl (C=O) groups is 2. The van der Waals surface area contributed by atoms with Crippen LogP contribution in [0.25, 0.3) is 0 Å². The minimum Gasteiger partial charge on any atom is -0.462 e. The van der Waals surface area contributed by atoms with E-state index in [1.807, 2.05) is 37.3 Å². The van der Waals surface area contributed by atoms with E-state index in [-0.39, 0.29) is 12.8 Å². The molecule has 0 radical (unpaired) electrons. The molecule has 6 N–H and O–H groups in total. The van der Waals surface area contributed by atoms with Gasteiger partial charge in [0.15, 0.2) is 6.10 Å². The van der Waals surface area contributed by atoms with Gasteiger partial charge in [-0.1, -0.05) is 151 Å². The Balaban J connectivity index is 4.80. The number of aliphatic hydroxyl groups excluding tert-OH is 3. The predicted octanol–water partition coefficient (Wildman–Crippen LogP) is 8.41. The molecule has 0 aliphatic rings. The molecule has 0 heterocycles. The van der Waals surface area contributed by atoms with Gasteiger partial charge < -0.3 is 39.5 Å². The molecule has 0 fully saturated rings. The highest BCUT2D eigenvalue weighted by Crippen LogP contribution is 2.43. The molecule has 0 aromatic heterocycles. The first kappa shape index (κ1) is 57.5. The summed E-state index contributed by atoms with van der Waals surface area (Å²) in [6.45, 7) is 3.60. The third-order valence-electron chi connectivity index (χ3n) is 8.45. The highest BCUT2D eigenvalue weighted by Gasteiger charge is 2.28. The molecular formula is C43H74O15P2. The number of phosphoric acid groups is 2. The zero-order valence-corrected chi connectivity index (χ0v) is 37.7.